The molecule has 0 aliphatic heterocycles. The van der Waals surface area contributed by atoms with Crippen molar-refractivity contribution < 1.29 is 0 Å². The quantitative estimate of drug-likeness (QED) is 0.150. The van der Waals surface area contributed by atoms with Gasteiger partial charge in [0.1, 0.15) is 0 Å². The third-order valence-electron chi connectivity index (χ3n) is 15.0. The topological polar surface area (TPSA) is 6.48 Å². The lowest BCUT2D eigenvalue weighted by atomic mass is 9.82. The molecule has 0 spiro atoms. The van der Waals surface area contributed by atoms with Gasteiger partial charge < -0.3 is 9.80 Å². The van der Waals surface area contributed by atoms with Gasteiger partial charge in [0.05, 0.1) is 0 Å². The molecule has 0 N–H and O–H groups in total. The summed E-state index contributed by atoms with van der Waals surface area (Å²) in [5.41, 5.74) is 27.6. The van der Waals surface area contributed by atoms with E-state index in [0.29, 0.717) is 0 Å². The summed E-state index contributed by atoms with van der Waals surface area (Å²) in [6.45, 7) is 18.2. The molecule has 0 fully saturated rings. The molecule has 0 atom stereocenters. The lowest BCUT2D eigenvalue weighted by Crippen LogP contribution is -2.16. The molecule has 0 amide bonds. The van der Waals surface area contributed by atoms with Crippen LogP contribution in [0, 0.1) is 27.7 Å². The second kappa shape index (κ2) is 15.6. The van der Waals surface area contributed by atoms with E-state index in [1.54, 1.807) is 0 Å². The second-order valence-corrected chi connectivity index (χ2v) is 19.7. The van der Waals surface area contributed by atoms with Gasteiger partial charge in [0.25, 0.3) is 0 Å². The van der Waals surface area contributed by atoms with Crippen LogP contribution >= 0.6 is 0 Å². The van der Waals surface area contributed by atoms with Crippen molar-refractivity contribution in [1.29, 1.82) is 0 Å². The Morgan fingerprint density at radius 3 is 0.909 bits per heavy atom. The third kappa shape index (κ3) is 6.78. The maximum absolute atomic E-state index is 2.41. The largest absolute Gasteiger partial charge is 0.310 e. The van der Waals surface area contributed by atoms with Gasteiger partial charge in [-0.3, -0.25) is 0 Å². The smallest absolute Gasteiger partial charge is 0.0465 e. The van der Waals surface area contributed by atoms with Gasteiger partial charge in [0.15, 0.2) is 0 Å². The first kappa shape index (κ1) is 41.3. The predicted molar refractivity (Wildman–Crippen MR) is 281 cm³/mol. The Hall–Kier alpha value is -7.42. The molecule has 322 valence electrons. The number of hydrogen-bond donors (Lipinski definition) is 0. The van der Waals surface area contributed by atoms with Crippen LogP contribution in [0.5, 0.6) is 0 Å². The van der Waals surface area contributed by atoms with E-state index in [4.69, 9.17) is 0 Å². The van der Waals surface area contributed by atoms with E-state index in [-0.39, 0.29) is 10.8 Å². The number of rotatable bonds is 8. The molecule has 0 radical (unpaired) electrons. The van der Waals surface area contributed by atoms with Gasteiger partial charge in [-0.1, -0.05) is 149 Å². The van der Waals surface area contributed by atoms with Crippen LogP contribution in [0.1, 0.15) is 72.2 Å². The maximum Gasteiger partial charge on any atom is 0.0465 e. The first-order valence-electron chi connectivity index (χ1n) is 23.4. The van der Waals surface area contributed by atoms with Crippen LogP contribution in [0.2, 0.25) is 0 Å². The molecule has 9 aromatic carbocycles. The van der Waals surface area contributed by atoms with E-state index < -0.39 is 0 Å². The normalized spacial score (nSPS) is 13.7. The average molecular weight is 853 g/mol. The van der Waals surface area contributed by atoms with Crippen LogP contribution in [0.25, 0.3) is 44.5 Å². The summed E-state index contributed by atoms with van der Waals surface area (Å²) in [5.74, 6) is 0. The van der Waals surface area contributed by atoms with Crippen molar-refractivity contribution >= 4 is 34.1 Å². The molecular weight excluding hydrogens is 797 g/mol. The Morgan fingerprint density at radius 2 is 0.545 bits per heavy atom. The molecule has 66 heavy (non-hydrogen) atoms. The molecule has 2 aliphatic rings. The molecule has 9 aromatic rings. The van der Waals surface area contributed by atoms with Gasteiger partial charge in [-0.05, 0) is 190 Å². The lowest BCUT2D eigenvalue weighted by molar-refractivity contribution is 0.660. The number of aryl methyl sites for hydroxylation is 4. The van der Waals surface area contributed by atoms with Gasteiger partial charge >= 0.3 is 0 Å². The molecule has 0 saturated heterocycles. The Kier molecular flexibility index (Phi) is 9.78. The van der Waals surface area contributed by atoms with Crippen molar-refractivity contribution in [3.8, 4) is 44.5 Å². The molecule has 2 heteroatoms. The zero-order chi connectivity index (χ0) is 45.5. The lowest BCUT2D eigenvalue weighted by Gasteiger charge is -2.28. The molecule has 0 unspecified atom stereocenters. The minimum absolute atomic E-state index is 0.0794. The Bertz CT molecular complexity index is 3110. The number of anilines is 6. The fourth-order valence-corrected chi connectivity index (χ4v) is 10.7. The zero-order valence-corrected chi connectivity index (χ0v) is 39.4. The number of nitrogens with zero attached hydrogens (tertiary/aromatic N) is 2. The standard InChI is InChI=1S/C64H56N2/c1-41-17-27-51(37-43(41)3)65(53-33-35-57-55-13-9-11-15-59(55)63(5,6)61(57)39-53)49-29-23-47(24-30-49)45-19-21-46(22-20-45)48-25-31-50(32-26-48)66(52-28-18-42(2)44(4)38-52)54-34-36-58-56-14-10-12-16-60(56)64(7,8)62(58)40-54/h9-40H,1-8H3. The van der Waals surface area contributed by atoms with Crippen molar-refractivity contribution in [2.75, 3.05) is 9.80 Å². The summed E-state index contributed by atoms with van der Waals surface area (Å²) < 4.78 is 0. The molecule has 0 aromatic heterocycles. The average Bonchev–Trinajstić information content (AvgIpc) is 3.71. The van der Waals surface area contributed by atoms with Gasteiger partial charge in [0, 0.05) is 45.0 Å². The van der Waals surface area contributed by atoms with Crippen LogP contribution in [0.15, 0.2) is 194 Å². The Balaban J connectivity index is 0.884. The first-order valence-corrected chi connectivity index (χ1v) is 23.4. The minimum atomic E-state index is -0.0794. The van der Waals surface area contributed by atoms with Crippen LogP contribution in [-0.2, 0) is 10.8 Å². The van der Waals surface area contributed by atoms with Crippen molar-refractivity contribution in [3.05, 3.63) is 239 Å². The van der Waals surface area contributed by atoms with E-state index in [1.165, 1.54) is 100 Å². The van der Waals surface area contributed by atoms with E-state index in [2.05, 4.69) is 259 Å². The highest BCUT2D eigenvalue weighted by molar-refractivity contribution is 5.88. The minimum Gasteiger partial charge on any atom is -0.310 e. The summed E-state index contributed by atoms with van der Waals surface area (Å²) >= 11 is 0. The van der Waals surface area contributed by atoms with E-state index in [1.807, 2.05) is 0 Å². The summed E-state index contributed by atoms with van der Waals surface area (Å²) in [6.07, 6.45) is 0. The van der Waals surface area contributed by atoms with Crippen LogP contribution < -0.4 is 9.80 Å². The summed E-state index contributed by atoms with van der Waals surface area (Å²) in [7, 11) is 0. The van der Waals surface area contributed by atoms with E-state index >= 15 is 0 Å². The highest BCUT2D eigenvalue weighted by Gasteiger charge is 2.37. The number of fused-ring (bicyclic) bond motifs is 6. The molecular formula is C64H56N2. The SMILES string of the molecule is Cc1ccc(N(c2ccc(-c3ccc(-c4ccc(N(c5ccc(C)c(C)c5)c5ccc6c(c5)C(C)(C)c5ccccc5-6)cc4)cc3)cc2)c2ccc3c(c2)C(C)(C)c2ccccc2-3)cc1C. The second-order valence-electron chi connectivity index (χ2n) is 19.7. The van der Waals surface area contributed by atoms with Crippen molar-refractivity contribution in [2.24, 2.45) is 0 Å². The fourth-order valence-electron chi connectivity index (χ4n) is 10.7. The van der Waals surface area contributed by atoms with E-state index in [0.717, 1.165) is 22.7 Å². The Morgan fingerprint density at radius 1 is 0.258 bits per heavy atom. The van der Waals surface area contributed by atoms with Gasteiger partial charge in [-0.15, -0.1) is 0 Å². The van der Waals surface area contributed by atoms with Crippen molar-refractivity contribution in [3.63, 3.8) is 0 Å². The summed E-state index contributed by atoms with van der Waals surface area (Å²) in [5, 5.41) is 0. The van der Waals surface area contributed by atoms with Gasteiger partial charge in [-0.25, -0.2) is 0 Å². The maximum atomic E-state index is 2.41. The first-order chi connectivity index (χ1) is 31.9. The van der Waals surface area contributed by atoms with Crippen LogP contribution in [0.4, 0.5) is 34.1 Å². The molecule has 0 bridgehead atoms. The van der Waals surface area contributed by atoms with Crippen molar-refractivity contribution in [1.82, 2.24) is 0 Å². The van der Waals surface area contributed by atoms with Gasteiger partial charge in [0.2, 0.25) is 0 Å². The number of benzene rings is 9. The van der Waals surface area contributed by atoms with Crippen LogP contribution in [0.3, 0.4) is 0 Å². The monoisotopic (exact) mass is 852 g/mol. The fraction of sp³-hybridized carbons (Fsp3) is 0.156. The molecule has 0 heterocycles. The molecule has 2 nitrogen and oxygen atoms in total. The number of hydrogen-bond acceptors (Lipinski definition) is 2. The zero-order valence-electron chi connectivity index (χ0n) is 39.4. The van der Waals surface area contributed by atoms with Crippen LogP contribution in [-0.4, -0.2) is 0 Å². The molecule has 11 rings (SSSR count). The van der Waals surface area contributed by atoms with E-state index in [9.17, 15) is 0 Å². The van der Waals surface area contributed by atoms with Gasteiger partial charge in [-0.2, -0.15) is 0 Å². The highest BCUT2D eigenvalue weighted by atomic mass is 15.1. The summed E-state index contributed by atoms with van der Waals surface area (Å²) in [4.78, 5) is 4.82. The Labute approximate surface area is 391 Å². The highest BCUT2D eigenvalue weighted by Crippen LogP contribution is 2.52. The summed E-state index contributed by atoms with van der Waals surface area (Å²) in [6, 6.07) is 72.6. The molecule has 2 aliphatic carbocycles. The molecule has 0 saturated carbocycles. The third-order valence-corrected chi connectivity index (χ3v) is 15.0. The van der Waals surface area contributed by atoms with Crippen molar-refractivity contribution in [2.45, 2.75) is 66.2 Å². The predicted octanol–water partition coefficient (Wildman–Crippen LogP) is 17.8.